The lowest BCUT2D eigenvalue weighted by atomic mass is 9.96. The molecule has 5 nitrogen and oxygen atoms in total. The first kappa shape index (κ1) is 17.2. The molecular weight excluding hydrogens is 347 g/mol. The van der Waals surface area contributed by atoms with Crippen molar-refractivity contribution in [1.82, 2.24) is 10.1 Å². The van der Waals surface area contributed by atoms with Gasteiger partial charge in [0.2, 0.25) is 5.89 Å². The van der Waals surface area contributed by atoms with Gasteiger partial charge >= 0.3 is 0 Å². The number of hydrogen-bond donors (Lipinski definition) is 0. The van der Waals surface area contributed by atoms with Crippen LogP contribution in [0.25, 0.3) is 0 Å². The lowest BCUT2D eigenvalue weighted by molar-refractivity contribution is 0.371. The molecule has 0 aliphatic carbocycles. The van der Waals surface area contributed by atoms with Crippen molar-refractivity contribution >= 4 is 33.0 Å². The molecule has 8 heteroatoms. The van der Waals surface area contributed by atoms with Crippen LogP contribution in [0, 0.1) is 0 Å². The number of benzene rings is 1. The Morgan fingerprint density at radius 1 is 1.18 bits per heavy atom. The Morgan fingerprint density at radius 3 is 2.41 bits per heavy atom. The molecule has 120 valence electrons. The highest BCUT2D eigenvalue weighted by atomic mass is 35.5. The zero-order chi connectivity index (χ0) is 16.5. The van der Waals surface area contributed by atoms with Crippen molar-refractivity contribution in [3.05, 3.63) is 45.5 Å². The lowest BCUT2D eigenvalue weighted by Gasteiger charge is -2.10. The van der Waals surface area contributed by atoms with E-state index in [1.54, 1.807) is 12.1 Å². The van der Waals surface area contributed by atoms with Gasteiger partial charge in [0.25, 0.3) is 0 Å². The van der Waals surface area contributed by atoms with Crippen molar-refractivity contribution in [2.45, 2.75) is 37.7 Å². The van der Waals surface area contributed by atoms with E-state index >= 15 is 0 Å². The Labute approximate surface area is 139 Å². The van der Waals surface area contributed by atoms with Crippen molar-refractivity contribution in [3.63, 3.8) is 0 Å². The van der Waals surface area contributed by atoms with E-state index in [1.807, 2.05) is 20.8 Å². The molecule has 0 atom stereocenters. The van der Waals surface area contributed by atoms with E-state index in [9.17, 15) is 8.42 Å². The second-order valence-corrected chi connectivity index (χ2v) is 8.94. The van der Waals surface area contributed by atoms with Crippen LogP contribution in [-0.4, -0.2) is 18.6 Å². The predicted octanol–water partition coefficient (Wildman–Crippen LogP) is 3.79. The third kappa shape index (κ3) is 4.44. The van der Waals surface area contributed by atoms with Crippen LogP contribution in [0.2, 0.25) is 10.0 Å². The Hall–Kier alpha value is -1.11. The predicted molar refractivity (Wildman–Crippen MR) is 85.8 cm³/mol. The second-order valence-electron chi connectivity index (χ2n) is 6.03. The molecule has 0 bridgehead atoms. The van der Waals surface area contributed by atoms with Gasteiger partial charge in [-0.25, -0.2) is 8.42 Å². The fraction of sp³-hybridized carbons (Fsp3) is 0.429. The van der Waals surface area contributed by atoms with Crippen LogP contribution in [-0.2, 0) is 26.8 Å². The molecule has 0 spiro atoms. The SMILES string of the molecule is CC(C)(C)c1noc(CS(=O)(=O)Cc2ccc(Cl)cc2Cl)n1. The molecule has 0 radical (unpaired) electrons. The van der Waals surface area contributed by atoms with E-state index in [-0.39, 0.29) is 22.8 Å². The van der Waals surface area contributed by atoms with Crippen LogP contribution in [0.3, 0.4) is 0 Å². The third-order valence-electron chi connectivity index (χ3n) is 2.87. The Morgan fingerprint density at radius 2 is 1.86 bits per heavy atom. The molecule has 22 heavy (non-hydrogen) atoms. The molecule has 1 aromatic carbocycles. The van der Waals surface area contributed by atoms with E-state index in [4.69, 9.17) is 27.7 Å². The summed E-state index contributed by atoms with van der Waals surface area (Å²) in [5.74, 6) is 0.0166. The molecule has 0 saturated carbocycles. The monoisotopic (exact) mass is 362 g/mol. The van der Waals surface area contributed by atoms with Gasteiger partial charge in [0.1, 0.15) is 5.75 Å². The summed E-state index contributed by atoms with van der Waals surface area (Å²) in [4.78, 5) is 4.13. The van der Waals surface area contributed by atoms with Gasteiger partial charge < -0.3 is 4.52 Å². The lowest BCUT2D eigenvalue weighted by Crippen LogP contribution is -2.14. The maximum atomic E-state index is 12.2. The normalized spacial score (nSPS) is 12.6. The summed E-state index contributed by atoms with van der Waals surface area (Å²) in [7, 11) is -3.48. The van der Waals surface area contributed by atoms with Crippen molar-refractivity contribution in [3.8, 4) is 0 Å². The average molecular weight is 363 g/mol. The topological polar surface area (TPSA) is 73.1 Å². The minimum absolute atomic E-state index is 0.0787. The van der Waals surface area contributed by atoms with Gasteiger partial charge in [-0.2, -0.15) is 4.98 Å². The van der Waals surface area contributed by atoms with Crippen LogP contribution in [0.15, 0.2) is 22.7 Å². The number of nitrogens with zero attached hydrogens (tertiary/aromatic N) is 2. The summed E-state index contributed by atoms with van der Waals surface area (Å²) < 4.78 is 29.5. The highest BCUT2D eigenvalue weighted by molar-refractivity contribution is 7.89. The summed E-state index contributed by atoms with van der Waals surface area (Å²) in [6.07, 6.45) is 0. The van der Waals surface area contributed by atoms with Gasteiger partial charge in [-0.3, -0.25) is 0 Å². The molecule has 0 fully saturated rings. The highest BCUT2D eigenvalue weighted by Crippen LogP contribution is 2.24. The Balaban J connectivity index is 2.16. The minimum atomic E-state index is -3.48. The summed E-state index contributed by atoms with van der Waals surface area (Å²) in [5, 5.41) is 4.59. The summed E-state index contributed by atoms with van der Waals surface area (Å²) >= 11 is 11.8. The Bertz CT molecular complexity index is 780. The first-order valence-electron chi connectivity index (χ1n) is 6.54. The van der Waals surface area contributed by atoms with Crippen LogP contribution in [0.4, 0.5) is 0 Å². The van der Waals surface area contributed by atoms with E-state index in [1.165, 1.54) is 6.07 Å². The second kappa shape index (κ2) is 6.18. The van der Waals surface area contributed by atoms with Crippen LogP contribution in [0.1, 0.15) is 38.0 Å². The van der Waals surface area contributed by atoms with Gasteiger partial charge in [-0.15, -0.1) is 0 Å². The standard InChI is InChI=1S/C14H16Cl2N2O3S/c1-14(2,3)13-17-12(21-18-13)8-22(19,20)7-9-4-5-10(15)6-11(9)16/h4-6H,7-8H2,1-3H3. The maximum Gasteiger partial charge on any atom is 0.241 e. The van der Waals surface area contributed by atoms with Gasteiger partial charge in [-0.1, -0.05) is 55.2 Å². The van der Waals surface area contributed by atoms with Crippen molar-refractivity contribution in [2.75, 3.05) is 0 Å². The number of rotatable bonds is 4. The molecule has 1 heterocycles. The van der Waals surface area contributed by atoms with Gasteiger partial charge in [-0.05, 0) is 17.7 Å². The van der Waals surface area contributed by atoms with E-state index < -0.39 is 9.84 Å². The van der Waals surface area contributed by atoms with Crippen LogP contribution in [0.5, 0.6) is 0 Å². The van der Waals surface area contributed by atoms with Gasteiger partial charge in [0.15, 0.2) is 15.7 Å². The molecule has 0 N–H and O–H groups in total. The quantitative estimate of drug-likeness (QED) is 0.826. The summed E-state index contributed by atoms with van der Waals surface area (Å²) in [6.45, 7) is 5.76. The smallest absolute Gasteiger partial charge is 0.241 e. The van der Waals surface area contributed by atoms with E-state index in [0.717, 1.165) is 0 Å². The van der Waals surface area contributed by atoms with Gasteiger partial charge in [0, 0.05) is 15.5 Å². The Kier molecular flexibility index (Phi) is 4.84. The fourth-order valence-electron chi connectivity index (χ4n) is 1.73. The van der Waals surface area contributed by atoms with Crippen molar-refractivity contribution in [1.29, 1.82) is 0 Å². The molecular formula is C14H16Cl2N2O3S. The number of sulfone groups is 1. The zero-order valence-corrected chi connectivity index (χ0v) is 14.8. The molecule has 1 aromatic heterocycles. The number of hydrogen-bond acceptors (Lipinski definition) is 5. The largest absolute Gasteiger partial charge is 0.338 e. The highest BCUT2D eigenvalue weighted by Gasteiger charge is 2.24. The molecule has 0 aliphatic heterocycles. The molecule has 0 amide bonds. The summed E-state index contributed by atoms with van der Waals surface area (Å²) in [6, 6.07) is 4.71. The number of aromatic nitrogens is 2. The maximum absolute atomic E-state index is 12.2. The molecule has 2 aromatic rings. The van der Waals surface area contributed by atoms with Gasteiger partial charge in [0.05, 0.1) is 5.75 Å². The molecule has 0 unspecified atom stereocenters. The molecule has 0 aliphatic rings. The van der Waals surface area contributed by atoms with Crippen LogP contribution >= 0.6 is 23.2 Å². The third-order valence-corrected chi connectivity index (χ3v) is 4.90. The number of halogens is 2. The first-order valence-corrected chi connectivity index (χ1v) is 9.12. The van der Waals surface area contributed by atoms with Crippen LogP contribution < -0.4 is 0 Å². The minimum Gasteiger partial charge on any atom is -0.338 e. The first-order chi connectivity index (χ1) is 10.1. The van der Waals surface area contributed by atoms with Crippen molar-refractivity contribution < 1.29 is 12.9 Å². The van der Waals surface area contributed by atoms with E-state index in [2.05, 4.69) is 10.1 Å². The summed E-state index contributed by atoms with van der Waals surface area (Å²) in [5.41, 5.74) is 0.187. The van der Waals surface area contributed by atoms with E-state index in [0.29, 0.717) is 21.4 Å². The molecule has 2 rings (SSSR count). The average Bonchev–Trinajstić information content (AvgIpc) is 2.80. The molecule has 0 saturated heterocycles. The fourth-order valence-corrected chi connectivity index (χ4v) is 3.61. The zero-order valence-electron chi connectivity index (χ0n) is 12.4. The van der Waals surface area contributed by atoms with Crippen molar-refractivity contribution in [2.24, 2.45) is 0 Å².